The van der Waals surface area contributed by atoms with Gasteiger partial charge in [-0.2, -0.15) is 4.73 Å². The molecule has 0 bridgehead atoms. The van der Waals surface area contributed by atoms with E-state index in [4.69, 9.17) is 0 Å². The van der Waals surface area contributed by atoms with Gasteiger partial charge in [0.25, 0.3) is 5.03 Å². The maximum Gasteiger partial charge on any atom is 0.251 e. The topological polar surface area (TPSA) is 56.0 Å². The van der Waals surface area contributed by atoms with E-state index in [0.29, 0.717) is 10.8 Å². The summed E-state index contributed by atoms with van der Waals surface area (Å²) in [7, 11) is 0. The molecule has 94 valence electrons. The average Bonchev–Trinajstić information content (AvgIpc) is 2.34. The van der Waals surface area contributed by atoms with Crippen molar-refractivity contribution < 1.29 is 9.52 Å². The molecular formula is C12H18N2O2S. The van der Waals surface area contributed by atoms with E-state index in [1.807, 2.05) is 0 Å². The molecule has 1 heterocycles. The zero-order valence-corrected chi connectivity index (χ0v) is 10.8. The zero-order valence-electron chi connectivity index (χ0n) is 10.0. The molecule has 0 fully saturated rings. The third kappa shape index (κ3) is 5.58. The van der Waals surface area contributed by atoms with Gasteiger partial charge in [-0.15, -0.1) is 0 Å². The third-order valence-electron chi connectivity index (χ3n) is 2.24. The first kappa shape index (κ1) is 13.8. The summed E-state index contributed by atoms with van der Waals surface area (Å²) in [5.41, 5.74) is 0. The number of rotatable bonds is 7. The number of carbonyl (C=O) groups is 1. The van der Waals surface area contributed by atoms with Crippen molar-refractivity contribution in [1.29, 1.82) is 0 Å². The van der Waals surface area contributed by atoms with Crippen LogP contribution in [0, 0.1) is 5.21 Å². The quantitative estimate of drug-likeness (QED) is 0.349. The van der Waals surface area contributed by atoms with Gasteiger partial charge in [-0.25, -0.2) is 0 Å². The van der Waals surface area contributed by atoms with E-state index in [9.17, 15) is 10.0 Å². The first-order valence-corrected chi connectivity index (χ1v) is 6.80. The van der Waals surface area contributed by atoms with Crippen LogP contribution in [0.15, 0.2) is 29.4 Å². The molecule has 0 aliphatic rings. The van der Waals surface area contributed by atoms with Gasteiger partial charge >= 0.3 is 0 Å². The van der Waals surface area contributed by atoms with Gasteiger partial charge in [0.2, 0.25) is 5.91 Å². The highest BCUT2D eigenvalue weighted by atomic mass is 32.2. The van der Waals surface area contributed by atoms with E-state index >= 15 is 0 Å². The van der Waals surface area contributed by atoms with E-state index in [0.717, 1.165) is 30.5 Å². The van der Waals surface area contributed by atoms with Gasteiger partial charge in [0.05, 0.1) is 5.75 Å². The molecule has 0 aromatic carbocycles. The van der Waals surface area contributed by atoms with Gasteiger partial charge in [0, 0.05) is 18.7 Å². The van der Waals surface area contributed by atoms with Crippen LogP contribution >= 0.6 is 11.8 Å². The Kier molecular flexibility index (Phi) is 6.47. The van der Waals surface area contributed by atoms with Crippen LogP contribution in [0.3, 0.4) is 0 Å². The number of nitrogens with zero attached hydrogens (tertiary/aromatic N) is 1. The normalized spacial score (nSPS) is 10.2. The molecule has 1 N–H and O–H groups in total. The van der Waals surface area contributed by atoms with Crippen LogP contribution in [0.5, 0.6) is 0 Å². The molecule has 17 heavy (non-hydrogen) atoms. The van der Waals surface area contributed by atoms with E-state index in [1.165, 1.54) is 18.0 Å². The Morgan fingerprint density at radius 3 is 3.00 bits per heavy atom. The fourth-order valence-corrected chi connectivity index (χ4v) is 2.06. The van der Waals surface area contributed by atoms with Crippen molar-refractivity contribution in [1.82, 2.24) is 5.32 Å². The lowest BCUT2D eigenvalue weighted by Gasteiger charge is -2.04. The van der Waals surface area contributed by atoms with E-state index < -0.39 is 0 Å². The molecule has 1 rings (SSSR count). The summed E-state index contributed by atoms with van der Waals surface area (Å²) >= 11 is 1.26. The van der Waals surface area contributed by atoms with Crippen molar-refractivity contribution in [3.8, 4) is 0 Å². The summed E-state index contributed by atoms with van der Waals surface area (Å²) in [6.07, 6.45) is 4.72. The van der Waals surface area contributed by atoms with Crippen LogP contribution in [0.25, 0.3) is 0 Å². The molecule has 0 saturated carbocycles. The van der Waals surface area contributed by atoms with Crippen molar-refractivity contribution >= 4 is 17.7 Å². The van der Waals surface area contributed by atoms with Gasteiger partial charge in [0.1, 0.15) is 0 Å². The molecule has 5 heteroatoms. The largest absolute Gasteiger partial charge is 0.618 e. The number of nitrogens with one attached hydrogen (secondary N) is 1. The summed E-state index contributed by atoms with van der Waals surface area (Å²) in [6, 6.07) is 5.17. The predicted molar refractivity (Wildman–Crippen MR) is 68.7 cm³/mol. The summed E-state index contributed by atoms with van der Waals surface area (Å²) < 4.78 is 0.773. The van der Waals surface area contributed by atoms with E-state index in [2.05, 4.69) is 12.2 Å². The molecule has 0 unspecified atom stereocenters. The van der Waals surface area contributed by atoms with Crippen molar-refractivity contribution in [3.63, 3.8) is 0 Å². The highest BCUT2D eigenvalue weighted by Gasteiger charge is 2.07. The SMILES string of the molecule is CCCCCNC(=O)CSc1cccc[n+]1[O-]. The average molecular weight is 254 g/mol. The maximum absolute atomic E-state index is 11.4. The smallest absolute Gasteiger partial charge is 0.251 e. The van der Waals surface area contributed by atoms with Crippen molar-refractivity contribution in [2.45, 2.75) is 31.2 Å². The molecule has 0 radical (unpaired) electrons. The van der Waals surface area contributed by atoms with Gasteiger partial charge < -0.3 is 10.5 Å². The Labute approximate surface area is 106 Å². The minimum absolute atomic E-state index is 0.0186. The number of carbonyl (C=O) groups excluding carboxylic acids is 1. The summed E-state index contributed by atoms with van der Waals surface area (Å²) in [5, 5.41) is 14.7. The Bertz CT molecular complexity index is 358. The van der Waals surface area contributed by atoms with Crippen molar-refractivity contribution in [2.75, 3.05) is 12.3 Å². The van der Waals surface area contributed by atoms with Gasteiger partial charge in [-0.05, 0) is 24.2 Å². The molecule has 0 aliphatic carbocycles. The number of aromatic nitrogens is 1. The van der Waals surface area contributed by atoms with Crippen LogP contribution in [0.2, 0.25) is 0 Å². The summed E-state index contributed by atoms with van der Waals surface area (Å²) in [4.78, 5) is 11.4. The first-order valence-electron chi connectivity index (χ1n) is 5.81. The molecular weight excluding hydrogens is 236 g/mol. The second kappa shape index (κ2) is 7.95. The maximum atomic E-state index is 11.4. The van der Waals surface area contributed by atoms with E-state index in [1.54, 1.807) is 18.2 Å². The number of hydrogen-bond donors (Lipinski definition) is 1. The van der Waals surface area contributed by atoms with Crippen molar-refractivity contribution in [2.24, 2.45) is 0 Å². The number of hydrogen-bond acceptors (Lipinski definition) is 3. The molecule has 1 amide bonds. The minimum Gasteiger partial charge on any atom is -0.618 e. The Morgan fingerprint density at radius 2 is 2.29 bits per heavy atom. The second-order valence-electron chi connectivity index (χ2n) is 3.71. The number of amides is 1. The van der Waals surface area contributed by atoms with Crippen LogP contribution in [-0.4, -0.2) is 18.2 Å². The van der Waals surface area contributed by atoms with Crippen LogP contribution in [0.4, 0.5) is 0 Å². The molecule has 0 saturated heterocycles. The minimum atomic E-state index is -0.0186. The van der Waals surface area contributed by atoms with Crippen LogP contribution < -0.4 is 10.0 Å². The number of unbranched alkanes of at least 4 members (excludes halogenated alkanes) is 2. The fourth-order valence-electron chi connectivity index (χ4n) is 1.32. The van der Waals surface area contributed by atoms with Crippen LogP contribution in [0.1, 0.15) is 26.2 Å². The summed E-state index contributed by atoms with van der Waals surface area (Å²) in [5.74, 6) is 0.271. The number of pyridine rings is 1. The zero-order chi connectivity index (χ0) is 12.5. The molecule has 1 aromatic heterocycles. The second-order valence-corrected chi connectivity index (χ2v) is 4.71. The summed E-state index contributed by atoms with van der Waals surface area (Å²) in [6.45, 7) is 2.85. The Balaban J connectivity index is 2.22. The van der Waals surface area contributed by atoms with Crippen LogP contribution in [-0.2, 0) is 4.79 Å². The fraction of sp³-hybridized carbons (Fsp3) is 0.500. The first-order chi connectivity index (χ1) is 8.24. The van der Waals surface area contributed by atoms with Gasteiger partial charge in [-0.3, -0.25) is 4.79 Å². The predicted octanol–water partition coefficient (Wildman–Crippen LogP) is 1.72. The highest BCUT2D eigenvalue weighted by molar-refractivity contribution is 7.99. The molecule has 0 atom stereocenters. The molecule has 1 aromatic rings. The van der Waals surface area contributed by atoms with Gasteiger partial charge in [-0.1, -0.05) is 19.8 Å². The molecule has 0 aliphatic heterocycles. The highest BCUT2D eigenvalue weighted by Crippen LogP contribution is 2.11. The standard InChI is InChI=1S/C12H18N2O2S/c1-2-3-5-8-13-11(15)10-17-12-7-4-6-9-14(12)16/h4,6-7,9H,2-3,5,8,10H2,1H3,(H,13,15). The van der Waals surface area contributed by atoms with Crippen molar-refractivity contribution in [3.05, 3.63) is 29.6 Å². The molecule has 0 spiro atoms. The monoisotopic (exact) mass is 254 g/mol. The van der Waals surface area contributed by atoms with Gasteiger partial charge in [0.15, 0.2) is 6.20 Å². The van der Waals surface area contributed by atoms with E-state index in [-0.39, 0.29) is 5.91 Å². The lowest BCUT2D eigenvalue weighted by atomic mass is 10.2. The Morgan fingerprint density at radius 1 is 1.47 bits per heavy atom. The molecule has 4 nitrogen and oxygen atoms in total. The lowest BCUT2D eigenvalue weighted by molar-refractivity contribution is -0.645. The number of thioether (sulfide) groups is 1. The Hall–Kier alpha value is -1.23. The third-order valence-corrected chi connectivity index (χ3v) is 3.26. The lowest BCUT2D eigenvalue weighted by Crippen LogP contribution is -2.30.